The number of benzene rings is 1. The molecule has 2 saturated carbocycles. The zero-order valence-corrected chi connectivity index (χ0v) is 23.0. The number of sulfone groups is 1. The lowest BCUT2D eigenvalue weighted by Crippen LogP contribution is -2.42. The molecular formula is C28H37N5O5S. The number of anilines is 2. The Bertz CT molecular complexity index is 1280. The summed E-state index contributed by atoms with van der Waals surface area (Å²) < 4.78 is 33.1. The minimum atomic E-state index is -3.60. The summed E-state index contributed by atoms with van der Waals surface area (Å²) in [6.07, 6.45) is 6.20. The Morgan fingerprint density at radius 1 is 1.18 bits per heavy atom. The number of carbonyl (C=O) groups is 1. The maximum absolute atomic E-state index is 14.3. The molecule has 1 aromatic heterocycles. The highest BCUT2D eigenvalue weighted by Crippen LogP contribution is 2.51. The summed E-state index contributed by atoms with van der Waals surface area (Å²) in [4.78, 5) is 23.9. The standard InChI is InChI=1S/C28H37N5O5S/c1-2-23(20-5-6-20)39(36,37)28(11-3-4-12-28)24-19-25(33-14-17-38-18-15-33)32-26(31-24)21-7-9-22(10-8-21)30-27(35)29-13-16-34/h2,7-10,19-20,23,34H,1,3-6,11-18H2,(H2,29,30,35). The van der Waals surface area contributed by atoms with E-state index in [4.69, 9.17) is 19.8 Å². The van der Waals surface area contributed by atoms with Gasteiger partial charge in [0.2, 0.25) is 0 Å². The van der Waals surface area contributed by atoms with Crippen LogP contribution < -0.4 is 15.5 Å². The first-order chi connectivity index (χ1) is 18.9. The number of hydrogen-bond acceptors (Lipinski definition) is 8. The third-order valence-corrected chi connectivity index (χ3v) is 10.9. The molecule has 1 aromatic carbocycles. The van der Waals surface area contributed by atoms with Crippen LogP contribution in [0.15, 0.2) is 43.0 Å². The van der Waals surface area contributed by atoms with Gasteiger partial charge in [-0.2, -0.15) is 0 Å². The number of aliphatic hydroxyl groups is 1. The minimum Gasteiger partial charge on any atom is -0.395 e. The summed E-state index contributed by atoms with van der Waals surface area (Å²) in [5.74, 6) is 1.29. The van der Waals surface area contributed by atoms with Crippen LogP contribution in [0, 0.1) is 5.92 Å². The summed E-state index contributed by atoms with van der Waals surface area (Å²) in [5, 5.41) is 13.6. The number of hydrogen-bond donors (Lipinski definition) is 3. The second kappa shape index (κ2) is 11.6. The molecule has 3 fully saturated rings. The van der Waals surface area contributed by atoms with Gasteiger partial charge in [-0.1, -0.05) is 18.9 Å². The average molecular weight is 556 g/mol. The van der Waals surface area contributed by atoms with Gasteiger partial charge < -0.3 is 25.4 Å². The molecule has 0 bridgehead atoms. The van der Waals surface area contributed by atoms with E-state index in [0.717, 1.165) is 31.2 Å². The number of carbonyl (C=O) groups excluding carboxylic acids is 1. The molecule has 1 unspecified atom stereocenters. The van der Waals surface area contributed by atoms with Gasteiger partial charge in [-0.15, -0.1) is 6.58 Å². The summed E-state index contributed by atoms with van der Waals surface area (Å²) >= 11 is 0. The van der Waals surface area contributed by atoms with Crippen LogP contribution in [0.3, 0.4) is 0 Å². The van der Waals surface area contributed by atoms with E-state index in [1.54, 1.807) is 18.2 Å². The molecule has 2 heterocycles. The van der Waals surface area contributed by atoms with E-state index in [1.165, 1.54) is 0 Å². The third kappa shape index (κ3) is 5.66. The largest absolute Gasteiger partial charge is 0.395 e. The van der Waals surface area contributed by atoms with Crippen molar-refractivity contribution in [2.75, 3.05) is 49.7 Å². The molecule has 2 aromatic rings. The van der Waals surface area contributed by atoms with Crippen LogP contribution in [0.5, 0.6) is 0 Å². The van der Waals surface area contributed by atoms with Crippen LogP contribution in [0.25, 0.3) is 11.4 Å². The molecule has 5 rings (SSSR count). The van der Waals surface area contributed by atoms with Crippen LogP contribution in [0.4, 0.5) is 16.3 Å². The first kappa shape index (κ1) is 27.5. The number of urea groups is 1. The Morgan fingerprint density at radius 3 is 2.49 bits per heavy atom. The molecule has 0 radical (unpaired) electrons. The fraction of sp³-hybridized carbons (Fsp3) is 0.536. The fourth-order valence-corrected chi connectivity index (χ4v) is 8.50. The molecule has 0 spiro atoms. The maximum Gasteiger partial charge on any atom is 0.319 e. The fourth-order valence-electron chi connectivity index (χ4n) is 5.69. The zero-order chi connectivity index (χ0) is 27.5. The van der Waals surface area contributed by atoms with Crippen LogP contribution >= 0.6 is 0 Å². The maximum atomic E-state index is 14.3. The van der Waals surface area contributed by atoms with Crippen molar-refractivity contribution in [1.82, 2.24) is 15.3 Å². The lowest BCUT2D eigenvalue weighted by atomic mass is 10.0. The normalized spacial score (nSPS) is 19.9. The number of rotatable bonds is 10. The topological polar surface area (TPSA) is 134 Å². The van der Waals surface area contributed by atoms with Crippen molar-refractivity contribution >= 4 is 27.4 Å². The number of ether oxygens (including phenoxy) is 1. The second-order valence-corrected chi connectivity index (χ2v) is 12.9. The van der Waals surface area contributed by atoms with Gasteiger partial charge in [0.25, 0.3) is 0 Å². The molecular weight excluding hydrogens is 518 g/mol. The predicted octanol–water partition coefficient (Wildman–Crippen LogP) is 3.24. The number of aromatic nitrogens is 2. The Hall–Kier alpha value is -3.02. The molecule has 2 amide bonds. The molecule has 1 atom stereocenters. The van der Waals surface area contributed by atoms with Crippen molar-refractivity contribution in [3.8, 4) is 11.4 Å². The van der Waals surface area contributed by atoms with Crippen LogP contribution in [-0.2, 0) is 19.3 Å². The van der Waals surface area contributed by atoms with Crippen molar-refractivity contribution < 1.29 is 23.1 Å². The van der Waals surface area contributed by atoms with E-state index in [1.807, 2.05) is 18.2 Å². The van der Waals surface area contributed by atoms with Crippen molar-refractivity contribution in [3.63, 3.8) is 0 Å². The van der Waals surface area contributed by atoms with Gasteiger partial charge in [0.05, 0.1) is 30.8 Å². The molecule has 210 valence electrons. The second-order valence-electron chi connectivity index (χ2n) is 10.5. The molecule has 3 N–H and O–H groups in total. The Morgan fingerprint density at radius 2 is 1.87 bits per heavy atom. The van der Waals surface area contributed by atoms with Crippen molar-refractivity contribution in [1.29, 1.82) is 0 Å². The van der Waals surface area contributed by atoms with Crippen LogP contribution in [-0.4, -0.2) is 74.2 Å². The monoisotopic (exact) mass is 555 g/mol. The van der Waals surface area contributed by atoms with Gasteiger partial charge in [-0.3, -0.25) is 0 Å². The summed E-state index contributed by atoms with van der Waals surface area (Å²) in [6.45, 7) is 6.41. The van der Waals surface area contributed by atoms with E-state index in [-0.39, 0.29) is 19.1 Å². The van der Waals surface area contributed by atoms with E-state index in [0.29, 0.717) is 62.2 Å². The van der Waals surface area contributed by atoms with Crippen molar-refractivity contribution in [2.45, 2.75) is 48.5 Å². The number of morpholine rings is 1. The highest BCUT2D eigenvalue weighted by Gasteiger charge is 2.54. The van der Waals surface area contributed by atoms with E-state index in [9.17, 15) is 13.2 Å². The molecule has 39 heavy (non-hydrogen) atoms. The molecule has 2 aliphatic carbocycles. The zero-order valence-electron chi connectivity index (χ0n) is 22.1. The molecule has 1 aliphatic heterocycles. The number of nitrogens with one attached hydrogen (secondary N) is 2. The first-order valence-corrected chi connectivity index (χ1v) is 15.3. The predicted molar refractivity (Wildman–Crippen MR) is 150 cm³/mol. The van der Waals surface area contributed by atoms with E-state index < -0.39 is 25.9 Å². The van der Waals surface area contributed by atoms with Gasteiger partial charge in [-0.05, 0) is 55.9 Å². The SMILES string of the molecule is C=CC(C1CC1)S(=O)(=O)C1(c2cc(N3CCOCC3)nc(-c3ccc(NC(=O)NCCO)cc3)n2)CCCC1. The van der Waals surface area contributed by atoms with Crippen LogP contribution in [0.1, 0.15) is 44.2 Å². The lowest BCUT2D eigenvalue weighted by molar-refractivity contribution is 0.122. The summed E-state index contributed by atoms with van der Waals surface area (Å²) in [6, 6.07) is 8.60. The van der Waals surface area contributed by atoms with Gasteiger partial charge in [0.15, 0.2) is 15.7 Å². The first-order valence-electron chi connectivity index (χ1n) is 13.7. The number of nitrogens with zero attached hydrogens (tertiary/aromatic N) is 3. The Labute approximate surface area is 229 Å². The number of aliphatic hydroxyl groups excluding tert-OH is 1. The van der Waals surface area contributed by atoms with Crippen molar-refractivity contribution in [3.05, 3.63) is 48.7 Å². The minimum absolute atomic E-state index is 0.139. The van der Waals surface area contributed by atoms with Crippen LogP contribution in [0.2, 0.25) is 0 Å². The summed E-state index contributed by atoms with van der Waals surface area (Å²) in [7, 11) is -3.60. The highest BCUT2D eigenvalue weighted by molar-refractivity contribution is 7.93. The summed E-state index contributed by atoms with van der Waals surface area (Å²) in [5.41, 5.74) is 1.86. The molecule has 11 heteroatoms. The quantitative estimate of drug-likeness (QED) is 0.381. The molecule has 3 aliphatic rings. The van der Waals surface area contributed by atoms with Gasteiger partial charge in [-0.25, -0.2) is 23.2 Å². The van der Waals surface area contributed by atoms with Gasteiger partial charge in [0.1, 0.15) is 10.6 Å². The molecule has 10 nitrogen and oxygen atoms in total. The smallest absolute Gasteiger partial charge is 0.319 e. The highest BCUT2D eigenvalue weighted by atomic mass is 32.2. The number of amides is 2. The third-order valence-electron chi connectivity index (χ3n) is 7.95. The van der Waals surface area contributed by atoms with Crippen molar-refractivity contribution in [2.24, 2.45) is 5.92 Å². The Balaban J connectivity index is 1.54. The molecule has 1 saturated heterocycles. The van der Waals surface area contributed by atoms with E-state index >= 15 is 0 Å². The lowest BCUT2D eigenvalue weighted by Gasteiger charge is -2.34. The van der Waals surface area contributed by atoms with E-state index in [2.05, 4.69) is 22.1 Å². The Kier molecular flexibility index (Phi) is 8.20. The van der Waals surface area contributed by atoms with Gasteiger partial charge >= 0.3 is 6.03 Å². The van der Waals surface area contributed by atoms with Gasteiger partial charge in [0, 0.05) is 37.0 Å². The average Bonchev–Trinajstić information content (AvgIpc) is 3.65.